The van der Waals surface area contributed by atoms with Gasteiger partial charge in [0.25, 0.3) is 0 Å². The second-order valence-corrected chi connectivity index (χ2v) is 8.89. The van der Waals surface area contributed by atoms with Gasteiger partial charge in [0.15, 0.2) is 17.8 Å². The molecule has 0 spiro atoms. The number of nitriles is 1. The van der Waals surface area contributed by atoms with Crippen LogP contribution < -0.4 is 9.47 Å². The van der Waals surface area contributed by atoms with E-state index < -0.39 is 51.8 Å². The summed E-state index contributed by atoms with van der Waals surface area (Å²) >= 11 is 5.91. The molecule has 0 aliphatic carbocycles. The molecule has 1 fully saturated rings. The van der Waals surface area contributed by atoms with E-state index in [1.807, 2.05) is 11.9 Å². The van der Waals surface area contributed by atoms with E-state index in [0.29, 0.717) is 32.2 Å². The van der Waals surface area contributed by atoms with Crippen LogP contribution in [0.2, 0.25) is 5.02 Å². The summed E-state index contributed by atoms with van der Waals surface area (Å²) < 4.78 is 49.6. The molecule has 2 aromatic rings. The van der Waals surface area contributed by atoms with E-state index in [2.05, 4.69) is 0 Å². The van der Waals surface area contributed by atoms with E-state index >= 15 is 0 Å². The highest BCUT2D eigenvalue weighted by Crippen LogP contribution is 2.38. The molecule has 1 aliphatic rings. The first-order valence-corrected chi connectivity index (χ1v) is 11.6. The third kappa shape index (κ3) is 6.70. The number of carbonyl (C=O) groups excluding carboxylic acids is 2. The number of hydrogen-bond donors (Lipinski definition) is 0. The lowest BCUT2D eigenvalue weighted by atomic mass is 9.99. The number of Topliss-reactive ketones (excluding diaryl/α,β-unsaturated/α-hetero) is 1. The van der Waals surface area contributed by atoms with E-state index in [9.17, 15) is 38.1 Å². The maximum atomic E-state index is 12.9. The Morgan fingerprint density at radius 1 is 1.13 bits per heavy atom. The van der Waals surface area contributed by atoms with Gasteiger partial charge in [0.05, 0.1) is 21.6 Å². The van der Waals surface area contributed by atoms with Crippen molar-refractivity contribution in [2.75, 3.05) is 33.2 Å². The van der Waals surface area contributed by atoms with Gasteiger partial charge in [0.2, 0.25) is 11.7 Å². The van der Waals surface area contributed by atoms with Gasteiger partial charge in [-0.05, 0) is 38.2 Å². The fraction of sp³-hybridized carbons (Fsp3) is 0.375. The van der Waals surface area contributed by atoms with E-state index in [4.69, 9.17) is 21.1 Å². The summed E-state index contributed by atoms with van der Waals surface area (Å²) in [6, 6.07) is 7.33. The van der Waals surface area contributed by atoms with Gasteiger partial charge in [-0.1, -0.05) is 11.6 Å². The average Bonchev–Trinajstić information content (AvgIpc) is 2.85. The van der Waals surface area contributed by atoms with Gasteiger partial charge in [-0.3, -0.25) is 19.7 Å². The molecule has 2 atom stereocenters. The van der Waals surface area contributed by atoms with Gasteiger partial charge in [-0.15, -0.1) is 0 Å². The van der Waals surface area contributed by atoms with Crippen LogP contribution in [0.15, 0.2) is 36.4 Å². The number of nitro benzene ring substituents is 1. The molecule has 0 bridgehead atoms. The Morgan fingerprint density at radius 3 is 2.34 bits per heavy atom. The molecular formula is C24H22ClF3N4O6. The monoisotopic (exact) mass is 554 g/mol. The predicted octanol–water partition coefficient (Wildman–Crippen LogP) is 4.31. The highest BCUT2D eigenvalue weighted by Gasteiger charge is 2.36. The van der Waals surface area contributed by atoms with Crippen LogP contribution in [0.4, 0.5) is 18.9 Å². The minimum atomic E-state index is -4.62. The number of hydrogen-bond acceptors (Lipinski definition) is 8. The van der Waals surface area contributed by atoms with Crippen LogP contribution in [0.25, 0.3) is 0 Å². The molecule has 0 aromatic heterocycles. The lowest BCUT2D eigenvalue weighted by molar-refractivity contribution is -0.386. The van der Waals surface area contributed by atoms with E-state index in [1.54, 1.807) is 6.07 Å². The molecule has 2 aromatic carbocycles. The maximum absolute atomic E-state index is 12.9. The van der Waals surface area contributed by atoms with Gasteiger partial charge in [-0.25, -0.2) is 0 Å². The van der Waals surface area contributed by atoms with Gasteiger partial charge in [-0.2, -0.15) is 18.4 Å². The van der Waals surface area contributed by atoms with Crippen LogP contribution in [0.3, 0.4) is 0 Å². The van der Waals surface area contributed by atoms with Crippen molar-refractivity contribution in [3.63, 3.8) is 0 Å². The summed E-state index contributed by atoms with van der Waals surface area (Å²) in [5.74, 6) is -3.89. The summed E-state index contributed by atoms with van der Waals surface area (Å²) in [6.45, 7) is 3.08. The lowest BCUT2D eigenvalue weighted by Crippen LogP contribution is -2.51. The minimum absolute atomic E-state index is 0.0859. The number of halogens is 4. The highest BCUT2D eigenvalue weighted by atomic mass is 35.5. The lowest BCUT2D eigenvalue weighted by Gasteiger charge is -2.33. The van der Waals surface area contributed by atoms with Gasteiger partial charge in [0.1, 0.15) is 11.5 Å². The molecule has 1 aliphatic heterocycles. The topological polar surface area (TPSA) is 126 Å². The van der Waals surface area contributed by atoms with Crippen molar-refractivity contribution in [2.24, 2.45) is 5.92 Å². The molecule has 1 saturated heterocycles. The number of rotatable bonds is 8. The number of alkyl halides is 3. The number of likely N-dealkylation sites (N-methyl/N-ethyl adjacent to an activating group) is 1. The SMILES string of the molecule is CC(Oc1cc(Oc2ccc(C(F)(F)F)cc2Cl)ccc1[N+](=O)[O-])C(=O)C(C#N)C(=O)N1CCN(C)CC1. The number of carbonyl (C=O) groups is 2. The zero-order chi connectivity index (χ0) is 28.2. The third-order valence-electron chi connectivity index (χ3n) is 5.79. The van der Waals surface area contributed by atoms with Gasteiger partial charge < -0.3 is 19.3 Å². The third-order valence-corrected chi connectivity index (χ3v) is 6.09. The largest absolute Gasteiger partial charge is 0.476 e. The standard InChI is InChI=1S/C24H22ClF3N4O6/c1-14(22(33)17(13-29)23(34)31-9-7-30(2)8-10-31)37-21-12-16(4-5-19(21)32(35)36)38-20-6-3-15(11-18(20)25)24(26,27)28/h3-6,11-12,14,17H,7-10H2,1-2H3. The molecule has 1 heterocycles. The first-order chi connectivity index (χ1) is 17.8. The van der Waals surface area contributed by atoms with Gasteiger partial charge in [0, 0.05) is 38.3 Å². The second kappa shape index (κ2) is 11.7. The Balaban J connectivity index is 1.80. The molecule has 1 amide bonds. The van der Waals surface area contributed by atoms with E-state index in [-0.39, 0.29) is 16.5 Å². The first kappa shape index (κ1) is 28.7. The number of ketones is 1. The van der Waals surface area contributed by atoms with Crippen molar-refractivity contribution in [2.45, 2.75) is 19.2 Å². The predicted molar refractivity (Wildman–Crippen MR) is 128 cm³/mol. The molecule has 3 rings (SSSR count). The molecule has 2 unspecified atom stereocenters. The Labute approximate surface area is 220 Å². The Bertz CT molecular complexity index is 1270. The van der Waals surface area contributed by atoms with Crippen LogP contribution >= 0.6 is 11.6 Å². The van der Waals surface area contributed by atoms with E-state index in [1.165, 1.54) is 17.9 Å². The first-order valence-electron chi connectivity index (χ1n) is 11.2. The normalized spacial score (nSPS) is 15.8. The summed E-state index contributed by atoms with van der Waals surface area (Å²) in [6.07, 6.45) is -6.05. The fourth-order valence-electron chi connectivity index (χ4n) is 3.62. The number of nitro groups is 1. The highest BCUT2D eigenvalue weighted by molar-refractivity contribution is 6.32. The molecular weight excluding hydrogens is 533 g/mol. The molecule has 14 heteroatoms. The van der Waals surface area contributed by atoms with Crippen molar-refractivity contribution in [3.05, 3.63) is 57.1 Å². The van der Waals surface area contributed by atoms with Gasteiger partial charge >= 0.3 is 11.9 Å². The minimum Gasteiger partial charge on any atom is -0.476 e. The van der Waals surface area contributed by atoms with Crippen LogP contribution in [0.5, 0.6) is 17.2 Å². The van der Waals surface area contributed by atoms with E-state index in [0.717, 1.165) is 24.3 Å². The smallest absolute Gasteiger partial charge is 0.416 e. The summed E-state index contributed by atoms with van der Waals surface area (Å²) in [5.41, 5.74) is -1.54. The van der Waals surface area contributed by atoms with Crippen LogP contribution in [0, 0.1) is 27.4 Å². The van der Waals surface area contributed by atoms with Crippen molar-refractivity contribution in [1.29, 1.82) is 5.26 Å². The van der Waals surface area contributed by atoms with Crippen LogP contribution in [-0.4, -0.2) is 65.7 Å². The van der Waals surface area contributed by atoms with Crippen LogP contribution in [0.1, 0.15) is 12.5 Å². The quantitative estimate of drug-likeness (QED) is 0.268. The summed E-state index contributed by atoms with van der Waals surface area (Å²) in [4.78, 5) is 39.8. The molecule has 10 nitrogen and oxygen atoms in total. The Hall–Kier alpha value is -3.89. The number of nitrogens with zero attached hydrogens (tertiary/aromatic N) is 4. The Kier molecular flexibility index (Phi) is 8.80. The Morgan fingerprint density at radius 2 is 1.79 bits per heavy atom. The van der Waals surface area contributed by atoms with Crippen molar-refractivity contribution in [3.8, 4) is 23.3 Å². The zero-order valence-corrected chi connectivity index (χ0v) is 21.0. The fourth-order valence-corrected chi connectivity index (χ4v) is 3.84. The second-order valence-electron chi connectivity index (χ2n) is 8.48. The van der Waals surface area contributed by atoms with Crippen LogP contribution in [-0.2, 0) is 15.8 Å². The molecule has 202 valence electrons. The number of ether oxygens (including phenoxy) is 2. The zero-order valence-electron chi connectivity index (χ0n) is 20.2. The summed E-state index contributed by atoms with van der Waals surface area (Å²) in [7, 11) is 1.88. The average molecular weight is 555 g/mol. The maximum Gasteiger partial charge on any atom is 0.416 e. The number of benzene rings is 2. The van der Waals surface area contributed by atoms with Crippen molar-refractivity contribution < 1.29 is 37.2 Å². The summed E-state index contributed by atoms with van der Waals surface area (Å²) in [5, 5.41) is 20.7. The molecule has 38 heavy (non-hydrogen) atoms. The molecule has 0 saturated carbocycles. The number of piperazine rings is 1. The van der Waals surface area contributed by atoms with Crippen molar-refractivity contribution >= 4 is 29.0 Å². The van der Waals surface area contributed by atoms with Crippen molar-refractivity contribution in [1.82, 2.24) is 9.80 Å². The number of amides is 1. The molecule has 0 N–H and O–H groups in total. The molecule has 0 radical (unpaired) electrons.